The minimum atomic E-state index is -0.984. The molecule has 2 heterocycles. The molecule has 4 rings (SSSR count). The van der Waals surface area contributed by atoms with Crippen molar-refractivity contribution in [2.75, 3.05) is 5.32 Å². The zero-order valence-corrected chi connectivity index (χ0v) is 17.0. The highest BCUT2D eigenvalue weighted by atomic mass is 19.1. The van der Waals surface area contributed by atoms with Gasteiger partial charge in [-0.3, -0.25) is 9.78 Å². The number of hydrogen-bond acceptors (Lipinski definition) is 5. The van der Waals surface area contributed by atoms with E-state index >= 15 is 0 Å². The molecule has 1 aliphatic carbocycles. The van der Waals surface area contributed by atoms with E-state index in [4.69, 9.17) is 10.5 Å². The predicted octanol–water partition coefficient (Wildman–Crippen LogP) is 4.46. The molecule has 0 spiro atoms. The summed E-state index contributed by atoms with van der Waals surface area (Å²) in [5, 5.41) is 2.62. The Hall–Kier alpha value is -3.46. The zero-order chi connectivity index (χ0) is 22.7. The first-order valence-corrected chi connectivity index (χ1v) is 10.2. The van der Waals surface area contributed by atoms with E-state index in [2.05, 4.69) is 15.3 Å². The van der Waals surface area contributed by atoms with Gasteiger partial charge >= 0.3 is 0 Å². The number of pyridine rings is 2. The van der Waals surface area contributed by atoms with Gasteiger partial charge in [-0.2, -0.15) is 0 Å². The highest BCUT2D eigenvalue weighted by molar-refractivity contribution is 6.03. The number of amides is 1. The minimum absolute atomic E-state index is 0.0641. The molecule has 1 saturated carbocycles. The van der Waals surface area contributed by atoms with Crippen LogP contribution in [0.2, 0.25) is 0 Å². The summed E-state index contributed by atoms with van der Waals surface area (Å²) >= 11 is 0. The van der Waals surface area contributed by atoms with Crippen molar-refractivity contribution in [2.24, 2.45) is 5.73 Å². The maximum atomic E-state index is 14.3. The first-order valence-electron chi connectivity index (χ1n) is 10.2. The molecule has 32 heavy (non-hydrogen) atoms. The summed E-state index contributed by atoms with van der Waals surface area (Å²) < 4.78 is 48.6. The number of rotatable bonds is 5. The number of ether oxygens (including phenoxy) is 1. The van der Waals surface area contributed by atoms with Crippen LogP contribution in [0, 0.1) is 17.5 Å². The number of nitrogens with zero attached hydrogens (tertiary/aromatic N) is 2. The van der Waals surface area contributed by atoms with Crippen LogP contribution in [-0.2, 0) is 0 Å². The Balaban J connectivity index is 1.58. The molecule has 1 amide bonds. The normalized spacial score (nSPS) is 18.2. The molecule has 6 nitrogen and oxygen atoms in total. The van der Waals surface area contributed by atoms with Gasteiger partial charge in [0.15, 0.2) is 0 Å². The molecule has 0 saturated heterocycles. The van der Waals surface area contributed by atoms with Crippen LogP contribution >= 0.6 is 0 Å². The lowest BCUT2D eigenvalue weighted by molar-refractivity contribution is 0.102. The number of anilines is 1. The van der Waals surface area contributed by atoms with Crippen LogP contribution in [0.5, 0.6) is 5.75 Å². The topological polar surface area (TPSA) is 90.1 Å². The lowest BCUT2D eigenvalue weighted by atomic mass is 9.93. The van der Waals surface area contributed by atoms with Gasteiger partial charge in [0.25, 0.3) is 5.91 Å². The number of carbonyl (C=O) groups is 1. The molecular formula is C23H21F3N4O2. The van der Waals surface area contributed by atoms with E-state index in [1.807, 2.05) is 0 Å². The Labute approximate surface area is 182 Å². The molecule has 1 aromatic carbocycles. The minimum Gasteiger partial charge on any atom is -0.488 e. The zero-order valence-electron chi connectivity index (χ0n) is 17.0. The summed E-state index contributed by atoms with van der Waals surface area (Å²) in [6.45, 7) is 0. The Morgan fingerprint density at radius 1 is 1.06 bits per heavy atom. The summed E-state index contributed by atoms with van der Waals surface area (Å²) in [4.78, 5) is 20.7. The van der Waals surface area contributed by atoms with E-state index < -0.39 is 34.6 Å². The van der Waals surface area contributed by atoms with Gasteiger partial charge < -0.3 is 15.8 Å². The van der Waals surface area contributed by atoms with Gasteiger partial charge in [-0.05, 0) is 49.9 Å². The van der Waals surface area contributed by atoms with Crippen molar-refractivity contribution in [3.63, 3.8) is 0 Å². The van der Waals surface area contributed by atoms with Gasteiger partial charge in [0.2, 0.25) is 0 Å². The number of aromatic nitrogens is 2. The van der Waals surface area contributed by atoms with Crippen molar-refractivity contribution >= 4 is 11.6 Å². The lowest BCUT2D eigenvalue weighted by Gasteiger charge is -2.28. The second kappa shape index (κ2) is 9.35. The van der Waals surface area contributed by atoms with Gasteiger partial charge in [-0.1, -0.05) is 6.07 Å². The fourth-order valence-corrected chi connectivity index (χ4v) is 3.70. The molecule has 2 atom stereocenters. The summed E-state index contributed by atoms with van der Waals surface area (Å²) in [6.07, 6.45) is 6.30. The summed E-state index contributed by atoms with van der Waals surface area (Å²) in [5.74, 6) is -3.22. The van der Waals surface area contributed by atoms with E-state index in [1.54, 1.807) is 6.07 Å². The Morgan fingerprint density at radius 3 is 2.59 bits per heavy atom. The molecule has 1 aliphatic rings. The Morgan fingerprint density at radius 2 is 1.84 bits per heavy atom. The SMILES string of the molecule is NC1CCCC(Oc2ccncc2NC(=O)c2ccc(F)c(-c3c(F)cccc3F)n2)C1. The quantitative estimate of drug-likeness (QED) is 0.609. The molecule has 2 aromatic heterocycles. The predicted molar refractivity (Wildman–Crippen MR) is 113 cm³/mol. The monoisotopic (exact) mass is 442 g/mol. The fraction of sp³-hybridized carbons (Fsp3) is 0.261. The number of benzene rings is 1. The third-order valence-corrected chi connectivity index (χ3v) is 5.27. The number of halogens is 3. The number of carbonyl (C=O) groups excluding carboxylic acids is 1. The maximum absolute atomic E-state index is 14.3. The average Bonchev–Trinajstić information content (AvgIpc) is 2.76. The largest absolute Gasteiger partial charge is 0.488 e. The molecule has 2 unspecified atom stereocenters. The van der Waals surface area contributed by atoms with Crippen molar-refractivity contribution in [1.29, 1.82) is 0 Å². The molecular weight excluding hydrogens is 421 g/mol. The third kappa shape index (κ3) is 4.72. The maximum Gasteiger partial charge on any atom is 0.274 e. The first-order chi connectivity index (χ1) is 15.4. The van der Waals surface area contributed by atoms with Crippen LogP contribution in [0.15, 0.2) is 48.8 Å². The van der Waals surface area contributed by atoms with Gasteiger partial charge in [-0.25, -0.2) is 18.2 Å². The molecule has 0 radical (unpaired) electrons. The molecule has 3 aromatic rings. The highest BCUT2D eigenvalue weighted by Gasteiger charge is 2.23. The van der Waals surface area contributed by atoms with Gasteiger partial charge in [0.1, 0.15) is 46.4 Å². The lowest BCUT2D eigenvalue weighted by Crippen LogP contribution is -2.33. The van der Waals surface area contributed by atoms with E-state index in [-0.39, 0.29) is 17.8 Å². The summed E-state index contributed by atoms with van der Waals surface area (Å²) in [6, 6.07) is 6.89. The number of hydrogen-bond donors (Lipinski definition) is 2. The van der Waals surface area contributed by atoms with Crippen LogP contribution < -0.4 is 15.8 Å². The smallest absolute Gasteiger partial charge is 0.274 e. The van der Waals surface area contributed by atoms with Crippen molar-refractivity contribution in [2.45, 2.75) is 37.8 Å². The van der Waals surface area contributed by atoms with E-state index in [9.17, 15) is 18.0 Å². The molecule has 3 N–H and O–H groups in total. The molecule has 0 aliphatic heterocycles. The van der Waals surface area contributed by atoms with Crippen molar-refractivity contribution < 1.29 is 22.7 Å². The van der Waals surface area contributed by atoms with Crippen LogP contribution in [0.1, 0.15) is 36.2 Å². The van der Waals surface area contributed by atoms with Crippen LogP contribution in [0.25, 0.3) is 11.3 Å². The van der Waals surface area contributed by atoms with Crippen LogP contribution in [-0.4, -0.2) is 28.0 Å². The fourth-order valence-electron chi connectivity index (χ4n) is 3.70. The Kier molecular flexibility index (Phi) is 6.36. The van der Waals surface area contributed by atoms with Crippen molar-refractivity contribution in [3.8, 4) is 17.0 Å². The molecule has 166 valence electrons. The standard InChI is InChI=1S/C23H21F3N4O2/c24-15-5-2-6-16(25)21(15)22-17(26)7-8-18(29-22)23(31)30-19-12-28-10-9-20(19)32-14-4-1-3-13(27)11-14/h2,5-10,12-14H,1,3-4,11,27H2,(H,30,31). The third-order valence-electron chi connectivity index (χ3n) is 5.27. The molecule has 0 bridgehead atoms. The highest BCUT2D eigenvalue weighted by Crippen LogP contribution is 2.30. The number of nitrogens with one attached hydrogen (secondary N) is 1. The average molecular weight is 442 g/mol. The van der Waals surface area contributed by atoms with Gasteiger partial charge in [-0.15, -0.1) is 0 Å². The first kappa shape index (κ1) is 21.8. The second-order valence-electron chi connectivity index (χ2n) is 7.62. The summed E-state index contributed by atoms with van der Waals surface area (Å²) in [7, 11) is 0. The second-order valence-corrected chi connectivity index (χ2v) is 7.62. The van der Waals surface area contributed by atoms with Crippen LogP contribution in [0.3, 0.4) is 0 Å². The molecule has 1 fully saturated rings. The van der Waals surface area contributed by atoms with Crippen molar-refractivity contribution in [1.82, 2.24) is 9.97 Å². The van der Waals surface area contributed by atoms with E-state index in [1.165, 1.54) is 12.4 Å². The van der Waals surface area contributed by atoms with Crippen LogP contribution in [0.4, 0.5) is 18.9 Å². The van der Waals surface area contributed by atoms with Crippen molar-refractivity contribution in [3.05, 3.63) is 71.9 Å². The summed E-state index contributed by atoms with van der Waals surface area (Å²) in [5.41, 5.74) is 4.85. The Bertz CT molecular complexity index is 1120. The van der Waals surface area contributed by atoms with E-state index in [0.717, 1.165) is 49.6 Å². The van der Waals surface area contributed by atoms with Gasteiger partial charge in [0.05, 0.1) is 11.8 Å². The van der Waals surface area contributed by atoms with E-state index in [0.29, 0.717) is 17.9 Å². The number of nitrogens with two attached hydrogens (primary N) is 1. The molecule has 9 heteroatoms. The van der Waals surface area contributed by atoms with Gasteiger partial charge in [0, 0.05) is 18.3 Å².